The summed E-state index contributed by atoms with van der Waals surface area (Å²) in [5, 5.41) is 3.37. The van der Waals surface area contributed by atoms with Crippen LogP contribution in [-0.4, -0.2) is 33.4 Å². The fourth-order valence-electron chi connectivity index (χ4n) is 2.09. The van der Waals surface area contributed by atoms with Crippen molar-refractivity contribution in [2.75, 3.05) is 38.3 Å². The van der Waals surface area contributed by atoms with Crippen LogP contribution < -0.4 is 10.2 Å². The third-order valence-electron chi connectivity index (χ3n) is 3.36. The summed E-state index contributed by atoms with van der Waals surface area (Å²) in [5.74, 6) is 0. The second-order valence-electron chi connectivity index (χ2n) is 4.88. The Hall–Kier alpha value is -0.580. The second-order valence-corrected chi connectivity index (χ2v) is 5.73. The molecule has 0 spiro atoms. The molecule has 0 atom stereocenters. The zero-order chi connectivity index (χ0) is 14.8. The van der Waals surface area contributed by atoms with Crippen molar-refractivity contribution in [3.8, 4) is 0 Å². The molecule has 0 amide bonds. The number of nitrogens with zero attached hydrogens (tertiary/aromatic N) is 1. The standard InChI is InChI=1S/C16H27BrN2O/c1-4-6-10-19(5-2)15-8-7-14(16(17)12-15)13-18-9-11-20-3/h7-8,12,18H,4-6,9-11,13H2,1-3H3. The van der Waals surface area contributed by atoms with Gasteiger partial charge in [-0.25, -0.2) is 0 Å². The molecule has 1 N–H and O–H groups in total. The van der Waals surface area contributed by atoms with Gasteiger partial charge in [-0.3, -0.25) is 0 Å². The van der Waals surface area contributed by atoms with Crippen LogP contribution in [0.1, 0.15) is 32.3 Å². The van der Waals surface area contributed by atoms with Crippen molar-refractivity contribution < 1.29 is 4.74 Å². The fourth-order valence-corrected chi connectivity index (χ4v) is 2.60. The van der Waals surface area contributed by atoms with E-state index < -0.39 is 0 Å². The van der Waals surface area contributed by atoms with Crippen LogP contribution in [0.25, 0.3) is 0 Å². The number of benzene rings is 1. The number of ether oxygens (including phenoxy) is 1. The first-order chi connectivity index (χ1) is 9.72. The van der Waals surface area contributed by atoms with Gasteiger partial charge in [0.2, 0.25) is 0 Å². The first-order valence-electron chi connectivity index (χ1n) is 7.45. The van der Waals surface area contributed by atoms with Crippen molar-refractivity contribution in [1.29, 1.82) is 0 Å². The molecule has 3 nitrogen and oxygen atoms in total. The van der Waals surface area contributed by atoms with Gasteiger partial charge in [0.05, 0.1) is 6.61 Å². The molecule has 0 aliphatic heterocycles. The van der Waals surface area contributed by atoms with Crippen molar-refractivity contribution in [2.45, 2.75) is 33.2 Å². The lowest BCUT2D eigenvalue weighted by atomic mass is 10.2. The summed E-state index contributed by atoms with van der Waals surface area (Å²) in [5.41, 5.74) is 2.59. The molecule has 0 aromatic heterocycles. The average Bonchev–Trinajstić information content (AvgIpc) is 2.46. The van der Waals surface area contributed by atoms with E-state index in [0.717, 1.165) is 32.8 Å². The second kappa shape index (κ2) is 10.2. The quantitative estimate of drug-likeness (QED) is 0.654. The first kappa shape index (κ1) is 17.5. The van der Waals surface area contributed by atoms with Crippen LogP contribution in [0.3, 0.4) is 0 Å². The molecule has 20 heavy (non-hydrogen) atoms. The predicted octanol–water partition coefficient (Wildman–Crippen LogP) is 3.81. The normalized spacial score (nSPS) is 10.8. The van der Waals surface area contributed by atoms with Gasteiger partial charge in [0.1, 0.15) is 0 Å². The maximum atomic E-state index is 5.03. The Labute approximate surface area is 131 Å². The molecule has 0 saturated heterocycles. The fraction of sp³-hybridized carbons (Fsp3) is 0.625. The molecule has 0 radical (unpaired) electrons. The van der Waals surface area contributed by atoms with Crippen LogP contribution in [-0.2, 0) is 11.3 Å². The number of hydrogen-bond acceptors (Lipinski definition) is 3. The summed E-state index contributed by atoms with van der Waals surface area (Å²) in [7, 11) is 1.72. The van der Waals surface area contributed by atoms with Crippen molar-refractivity contribution in [3.63, 3.8) is 0 Å². The molecule has 0 aliphatic rings. The summed E-state index contributed by atoms with van der Waals surface area (Å²) >= 11 is 3.68. The lowest BCUT2D eigenvalue weighted by Gasteiger charge is -2.23. The average molecular weight is 343 g/mol. The molecule has 4 heteroatoms. The maximum Gasteiger partial charge on any atom is 0.0587 e. The topological polar surface area (TPSA) is 24.5 Å². The predicted molar refractivity (Wildman–Crippen MR) is 90.5 cm³/mol. The Kier molecular flexibility index (Phi) is 8.90. The Morgan fingerprint density at radius 1 is 1.30 bits per heavy atom. The third kappa shape index (κ3) is 5.81. The van der Waals surface area contributed by atoms with E-state index in [1.54, 1.807) is 7.11 Å². The summed E-state index contributed by atoms with van der Waals surface area (Å²) in [6, 6.07) is 6.65. The van der Waals surface area contributed by atoms with Gasteiger partial charge >= 0.3 is 0 Å². The van der Waals surface area contributed by atoms with Gasteiger partial charge in [-0.05, 0) is 31.0 Å². The van der Waals surface area contributed by atoms with Crippen LogP contribution in [0.2, 0.25) is 0 Å². The van der Waals surface area contributed by atoms with E-state index in [2.05, 4.69) is 58.2 Å². The maximum absolute atomic E-state index is 5.03. The largest absolute Gasteiger partial charge is 0.383 e. The smallest absolute Gasteiger partial charge is 0.0587 e. The molecular weight excluding hydrogens is 316 g/mol. The molecule has 0 aliphatic carbocycles. The number of rotatable bonds is 10. The molecule has 0 heterocycles. The van der Waals surface area contributed by atoms with Gasteiger partial charge in [0.15, 0.2) is 0 Å². The van der Waals surface area contributed by atoms with E-state index in [9.17, 15) is 0 Å². The molecular formula is C16H27BrN2O. The number of nitrogens with one attached hydrogen (secondary N) is 1. The molecule has 1 aromatic carbocycles. The Morgan fingerprint density at radius 3 is 2.70 bits per heavy atom. The van der Waals surface area contributed by atoms with Crippen molar-refractivity contribution in [3.05, 3.63) is 28.2 Å². The van der Waals surface area contributed by atoms with Crippen molar-refractivity contribution in [2.24, 2.45) is 0 Å². The molecule has 0 fully saturated rings. The number of anilines is 1. The Morgan fingerprint density at radius 2 is 2.10 bits per heavy atom. The van der Waals surface area contributed by atoms with E-state index in [1.165, 1.54) is 28.6 Å². The molecule has 0 saturated carbocycles. The highest BCUT2D eigenvalue weighted by molar-refractivity contribution is 9.10. The van der Waals surface area contributed by atoms with Gasteiger partial charge in [-0.2, -0.15) is 0 Å². The number of methoxy groups -OCH3 is 1. The van der Waals surface area contributed by atoms with E-state index in [0.29, 0.717) is 0 Å². The zero-order valence-corrected chi connectivity index (χ0v) is 14.5. The Bertz CT molecular complexity index is 385. The molecule has 114 valence electrons. The highest BCUT2D eigenvalue weighted by Gasteiger charge is 2.07. The van der Waals surface area contributed by atoms with Crippen LogP contribution >= 0.6 is 15.9 Å². The Balaban J connectivity index is 2.61. The summed E-state index contributed by atoms with van der Waals surface area (Å²) < 4.78 is 6.21. The van der Waals surface area contributed by atoms with Gasteiger partial charge in [0.25, 0.3) is 0 Å². The van der Waals surface area contributed by atoms with Crippen molar-refractivity contribution >= 4 is 21.6 Å². The summed E-state index contributed by atoms with van der Waals surface area (Å²) in [6.07, 6.45) is 2.48. The molecule has 0 bridgehead atoms. The van der Waals surface area contributed by atoms with E-state index in [1.807, 2.05) is 0 Å². The molecule has 0 unspecified atom stereocenters. The zero-order valence-electron chi connectivity index (χ0n) is 12.9. The van der Waals surface area contributed by atoms with Crippen LogP contribution in [0.4, 0.5) is 5.69 Å². The minimum atomic E-state index is 0.746. The first-order valence-corrected chi connectivity index (χ1v) is 8.25. The number of hydrogen-bond donors (Lipinski definition) is 1. The van der Waals surface area contributed by atoms with Crippen LogP contribution in [0, 0.1) is 0 Å². The number of halogens is 1. The lowest BCUT2D eigenvalue weighted by molar-refractivity contribution is 0.199. The third-order valence-corrected chi connectivity index (χ3v) is 4.10. The minimum absolute atomic E-state index is 0.746. The monoisotopic (exact) mass is 342 g/mol. The van der Waals surface area contributed by atoms with E-state index >= 15 is 0 Å². The highest BCUT2D eigenvalue weighted by Crippen LogP contribution is 2.24. The van der Waals surface area contributed by atoms with Gasteiger partial charge in [-0.15, -0.1) is 0 Å². The number of unbranched alkanes of at least 4 members (excludes halogenated alkanes) is 1. The van der Waals surface area contributed by atoms with Gasteiger partial charge in [-0.1, -0.05) is 35.3 Å². The summed E-state index contributed by atoms with van der Waals surface area (Å²) in [6.45, 7) is 9.12. The van der Waals surface area contributed by atoms with Crippen molar-refractivity contribution in [1.82, 2.24) is 5.32 Å². The van der Waals surface area contributed by atoms with Gasteiger partial charge in [0, 0.05) is 43.4 Å². The highest BCUT2D eigenvalue weighted by atomic mass is 79.9. The minimum Gasteiger partial charge on any atom is -0.383 e. The van der Waals surface area contributed by atoms with Crippen LogP contribution in [0.5, 0.6) is 0 Å². The van der Waals surface area contributed by atoms with Gasteiger partial charge < -0.3 is 15.0 Å². The SMILES string of the molecule is CCCCN(CC)c1ccc(CNCCOC)c(Br)c1. The van der Waals surface area contributed by atoms with Crippen LogP contribution in [0.15, 0.2) is 22.7 Å². The van der Waals surface area contributed by atoms with E-state index in [-0.39, 0.29) is 0 Å². The molecule has 1 rings (SSSR count). The molecule has 1 aromatic rings. The lowest BCUT2D eigenvalue weighted by Crippen LogP contribution is -2.24. The van der Waals surface area contributed by atoms with E-state index in [4.69, 9.17) is 4.74 Å². The summed E-state index contributed by atoms with van der Waals surface area (Å²) in [4.78, 5) is 2.43.